The predicted octanol–water partition coefficient (Wildman–Crippen LogP) is 2.74. The monoisotopic (exact) mass is 368 g/mol. The highest BCUT2D eigenvalue weighted by atomic mass is 32.2. The van der Waals surface area contributed by atoms with E-state index in [4.69, 9.17) is 9.47 Å². The number of aromatic nitrogens is 3. The number of fused-ring (bicyclic) bond motifs is 1. The molecule has 0 bridgehead atoms. The van der Waals surface area contributed by atoms with Gasteiger partial charge in [0.25, 0.3) is 5.91 Å². The van der Waals surface area contributed by atoms with Crippen LogP contribution in [0, 0.1) is 0 Å². The van der Waals surface area contributed by atoms with Crippen molar-refractivity contribution >= 4 is 23.4 Å². The van der Waals surface area contributed by atoms with Crippen molar-refractivity contribution in [2.24, 2.45) is 7.05 Å². The van der Waals surface area contributed by atoms with Crippen LogP contribution in [0.15, 0.2) is 64.9 Å². The normalized spacial score (nSPS) is 15.5. The third-order valence-corrected chi connectivity index (χ3v) is 4.86. The van der Waals surface area contributed by atoms with E-state index in [1.807, 2.05) is 54.1 Å². The average molecular weight is 368 g/mol. The summed E-state index contributed by atoms with van der Waals surface area (Å²) in [7, 11) is 1.89. The van der Waals surface area contributed by atoms with Gasteiger partial charge in [-0.3, -0.25) is 4.79 Å². The SMILES string of the molecule is Cn1cnnc1Sc1ccc(NC(=O)C2COc3ccccc3O2)cc1. The number of aryl methyl sites for hydroxylation is 1. The zero-order valence-corrected chi connectivity index (χ0v) is 14.8. The molecule has 7 nitrogen and oxygen atoms in total. The van der Waals surface area contributed by atoms with Gasteiger partial charge in [-0.15, -0.1) is 10.2 Å². The lowest BCUT2D eigenvalue weighted by molar-refractivity contribution is -0.125. The molecule has 1 amide bonds. The second-order valence-corrected chi connectivity index (χ2v) is 6.75. The fraction of sp³-hybridized carbons (Fsp3) is 0.167. The molecule has 0 saturated heterocycles. The number of ether oxygens (including phenoxy) is 2. The minimum Gasteiger partial charge on any atom is -0.485 e. The van der Waals surface area contributed by atoms with Crippen LogP contribution >= 0.6 is 11.8 Å². The molecule has 0 radical (unpaired) electrons. The largest absolute Gasteiger partial charge is 0.485 e. The van der Waals surface area contributed by atoms with E-state index in [0.29, 0.717) is 17.2 Å². The van der Waals surface area contributed by atoms with E-state index < -0.39 is 6.10 Å². The molecule has 8 heteroatoms. The van der Waals surface area contributed by atoms with E-state index >= 15 is 0 Å². The molecule has 3 aromatic rings. The van der Waals surface area contributed by atoms with Gasteiger partial charge in [-0.1, -0.05) is 12.1 Å². The van der Waals surface area contributed by atoms with Gasteiger partial charge in [-0.2, -0.15) is 0 Å². The van der Waals surface area contributed by atoms with Crippen LogP contribution in [0.4, 0.5) is 5.69 Å². The van der Waals surface area contributed by atoms with E-state index in [9.17, 15) is 4.79 Å². The van der Waals surface area contributed by atoms with Crippen LogP contribution in [0.2, 0.25) is 0 Å². The average Bonchev–Trinajstić information content (AvgIpc) is 3.07. The van der Waals surface area contributed by atoms with E-state index in [2.05, 4.69) is 15.5 Å². The Bertz CT molecular complexity index is 926. The number of carbonyl (C=O) groups excluding carboxylic acids is 1. The minimum atomic E-state index is -0.683. The van der Waals surface area contributed by atoms with Crippen LogP contribution in [0.5, 0.6) is 11.5 Å². The Morgan fingerprint density at radius 1 is 1.19 bits per heavy atom. The molecular weight excluding hydrogens is 352 g/mol. The first-order valence-corrected chi connectivity index (χ1v) is 8.82. The van der Waals surface area contributed by atoms with E-state index in [1.54, 1.807) is 12.4 Å². The molecule has 2 aromatic carbocycles. The molecule has 1 N–H and O–H groups in total. The summed E-state index contributed by atoms with van der Waals surface area (Å²) >= 11 is 1.50. The number of para-hydroxylation sites is 2. The highest BCUT2D eigenvalue weighted by Gasteiger charge is 2.27. The molecular formula is C18H16N4O3S. The van der Waals surface area contributed by atoms with Crippen LogP contribution in [0.1, 0.15) is 0 Å². The van der Waals surface area contributed by atoms with Crippen LogP contribution < -0.4 is 14.8 Å². The number of nitrogens with zero attached hydrogens (tertiary/aromatic N) is 3. The van der Waals surface area contributed by atoms with Gasteiger partial charge in [0.2, 0.25) is 6.10 Å². The first kappa shape index (κ1) is 16.5. The van der Waals surface area contributed by atoms with Gasteiger partial charge in [-0.25, -0.2) is 0 Å². The quantitative estimate of drug-likeness (QED) is 0.763. The molecule has 1 aliphatic heterocycles. The summed E-state index contributed by atoms with van der Waals surface area (Å²) in [5.41, 5.74) is 0.694. The van der Waals surface area contributed by atoms with Crippen molar-refractivity contribution in [2.45, 2.75) is 16.2 Å². The second kappa shape index (κ2) is 7.09. The molecule has 1 aromatic heterocycles. The fourth-order valence-corrected chi connectivity index (χ4v) is 3.21. The zero-order valence-electron chi connectivity index (χ0n) is 14.0. The van der Waals surface area contributed by atoms with Crippen LogP contribution in [-0.4, -0.2) is 33.4 Å². The molecule has 0 spiro atoms. The summed E-state index contributed by atoms with van der Waals surface area (Å²) in [4.78, 5) is 13.4. The Hall–Kier alpha value is -3.00. The molecule has 2 heterocycles. The predicted molar refractivity (Wildman–Crippen MR) is 96.6 cm³/mol. The van der Waals surface area contributed by atoms with Crippen molar-refractivity contribution in [3.05, 3.63) is 54.9 Å². The Kier molecular flexibility index (Phi) is 4.49. The zero-order chi connectivity index (χ0) is 17.9. The first-order chi connectivity index (χ1) is 12.7. The number of anilines is 1. The van der Waals surface area contributed by atoms with Gasteiger partial charge in [0, 0.05) is 17.6 Å². The van der Waals surface area contributed by atoms with Gasteiger partial charge in [0.15, 0.2) is 16.7 Å². The van der Waals surface area contributed by atoms with Crippen LogP contribution in [0.25, 0.3) is 0 Å². The van der Waals surface area contributed by atoms with Gasteiger partial charge in [-0.05, 0) is 48.2 Å². The number of amides is 1. The third kappa shape index (κ3) is 3.50. The maximum atomic E-state index is 12.4. The molecule has 1 aliphatic rings. The van der Waals surface area contributed by atoms with E-state index in [-0.39, 0.29) is 12.5 Å². The molecule has 0 saturated carbocycles. The number of carbonyl (C=O) groups is 1. The topological polar surface area (TPSA) is 78.3 Å². The van der Waals surface area contributed by atoms with Crippen molar-refractivity contribution in [1.29, 1.82) is 0 Å². The number of benzene rings is 2. The van der Waals surface area contributed by atoms with Gasteiger partial charge in [0.05, 0.1) is 0 Å². The summed E-state index contributed by atoms with van der Waals surface area (Å²) in [5, 5.41) is 11.5. The number of rotatable bonds is 4. The lowest BCUT2D eigenvalue weighted by atomic mass is 10.2. The highest BCUT2D eigenvalue weighted by Crippen LogP contribution is 2.31. The Balaban J connectivity index is 1.38. The maximum Gasteiger partial charge on any atom is 0.269 e. The van der Waals surface area contributed by atoms with E-state index in [0.717, 1.165) is 10.1 Å². The van der Waals surface area contributed by atoms with Gasteiger partial charge >= 0.3 is 0 Å². The fourth-order valence-electron chi connectivity index (χ4n) is 2.45. The van der Waals surface area contributed by atoms with Crippen molar-refractivity contribution in [2.75, 3.05) is 11.9 Å². The molecule has 0 fully saturated rings. The lowest BCUT2D eigenvalue weighted by Gasteiger charge is -2.25. The van der Waals surface area contributed by atoms with Crippen molar-refractivity contribution in [1.82, 2.24) is 14.8 Å². The summed E-state index contributed by atoms with van der Waals surface area (Å²) < 4.78 is 13.1. The Morgan fingerprint density at radius 2 is 1.96 bits per heavy atom. The smallest absolute Gasteiger partial charge is 0.269 e. The summed E-state index contributed by atoms with van der Waals surface area (Å²) in [6.45, 7) is 0.183. The third-order valence-electron chi connectivity index (χ3n) is 3.80. The maximum absolute atomic E-state index is 12.4. The van der Waals surface area contributed by atoms with Crippen LogP contribution in [0.3, 0.4) is 0 Å². The Labute approximate surface area is 154 Å². The van der Waals surface area contributed by atoms with Gasteiger partial charge < -0.3 is 19.4 Å². The second-order valence-electron chi connectivity index (χ2n) is 5.70. The number of hydrogen-bond acceptors (Lipinski definition) is 6. The van der Waals surface area contributed by atoms with Crippen LogP contribution in [-0.2, 0) is 11.8 Å². The molecule has 132 valence electrons. The van der Waals surface area contributed by atoms with Crippen molar-refractivity contribution in [3.8, 4) is 11.5 Å². The first-order valence-electron chi connectivity index (χ1n) is 8.00. The number of nitrogens with one attached hydrogen (secondary N) is 1. The summed E-state index contributed by atoms with van der Waals surface area (Å²) in [6, 6.07) is 14.8. The summed E-state index contributed by atoms with van der Waals surface area (Å²) in [6.07, 6.45) is 0.971. The molecule has 1 atom stereocenters. The summed E-state index contributed by atoms with van der Waals surface area (Å²) in [5.74, 6) is 0.990. The molecule has 4 rings (SSSR count). The Morgan fingerprint density at radius 3 is 2.69 bits per heavy atom. The molecule has 26 heavy (non-hydrogen) atoms. The molecule has 1 unspecified atom stereocenters. The van der Waals surface area contributed by atoms with Crippen molar-refractivity contribution in [3.63, 3.8) is 0 Å². The highest BCUT2D eigenvalue weighted by molar-refractivity contribution is 7.99. The van der Waals surface area contributed by atoms with E-state index in [1.165, 1.54) is 11.8 Å². The molecule has 0 aliphatic carbocycles. The minimum absolute atomic E-state index is 0.183. The standard InChI is InChI=1S/C18H16N4O3S/c1-22-11-19-21-18(22)26-13-8-6-12(7-9-13)20-17(23)16-10-24-14-4-2-3-5-15(14)25-16/h2-9,11,16H,10H2,1H3,(H,20,23). The van der Waals surface area contributed by atoms with Gasteiger partial charge in [0.1, 0.15) is 12.9 Å². The van der Waals surface area contributed by atoms with Crippen molar-refractivity contribution < 1.29 is 14.3 Å². The number of hydrogen-bond donors (Lipinski definition) is 1. The lowest BCUT2D eigenvalue weighted by Crippen LogP contribution is -2.40.